The molecule has 4 nitrogen and oxygen atoms in total. The number of aryl methyl sites for hydroxylation is 1. The maximum atomic E-state index is 12.2. The molecule has 1 aromatic heterocycles. The summed E-state index contributed by atoms with van der Waals surface area (Å²) in [5, 5.41) is 6.62. The van der Waals surface area contributed by atoms with Gasteiger partial charge >= 0.3 is 0 Å². The Bertz CT molecular complexity index is 467. The number of hydrogen-bond acceptors (Lipinski definition) is 4. The molecule has 1 heterocycles. The van der Waals surface area contributed by atoms with E-state index in [-0.39, 0.29) is 11.8 Å². The topological polar surface area (TPSA) is 54.0 Å². The molecule has 0 aliphatic heterocycles. The highest BCUT2D eigenvalue weighted by Gasteiger charge is 2.18. The third kappa shape index (κ3) is 4.22. The molecule has 0 aliphatic carbocycles. The lowest BCUT2D eigenvalue weighted by molar-refractivity contribution is 0.0988. The highest BCUT2D eigenvalue weighted by molar-refractivity contribution is 6.02. The second-order valence-corrected chi connectivity index (χ2v) is 5.62. The number of rotatable bonds is 7. The smallest absolute Gasteiger partial charge is 0.166 e. The van der Waals surface area contributed by atoms with Gasteiger partial charge in [-0.3, -0.25) is 4.79 Å². The van der Waals surface area contributed by atoms with Crippen molar-refractivity contribution in [2.24, 2.45) is 0 Å². The van der Waals surface area contributed by atoms with E-state index in [1.54, 1.807) is 0 Å². The van der Waals surface area contributed by atoms with Crippen LogP contribution in [0.4, 0.5) is 11.6 Å². The van der Waals surface area contributed by atoms with Crippen LogP contribution in [-0.4, -0.2) is 22.9 Å². The van der Waals surface area contributed by atoms with Crippen molar-refractivity contribution in [3.63, 3.8) is 0 Å². The Morgan fingerprint density at radius 3 is 2.20 bits per heavy atom. The second-order valence-electron chi connectivity index (χ2n) is 5.62. The van der Waals surface area contributed by atoms with E-state index in [1.165, 1.54) is 0 Å². The molecular weight excluding hydrogens is 250 g/mol. The van der Waals surface area contributed by atoms with E-state index in [0.717, 1.165) is 23.4 Å². The minimum absolute atomic E-state index is 0.147. The van der Waals surface area contributed by atoms with Crippen molar-refractivity contribution in [1.29, 1.82) is 0 Å². The van der Waals surface area contributed by atoms with Gasteiger partial charge in [0.1, 0.15) is 11.6 Å². The van der Waals surface area contributed by atoms with Crippen molar-refractivity contribution in [3.05, 3.63) is 17.2 Å². The fraction of sp³-hybridized carbons (Fsp3) is 0.625. The molecule has 0 spiro atoms. The molecule has 0 radical (unpaired) electrons. The summed E-state index contributed by atoms with van der Waals surface area (Å²) in [6.07, 6.45) is 1.32. The SMILES string of the molecule is CCC(=O)c1c(CC)cc(NC(C)C)nc1NC(C)C. The lowest BCUT2D eigenvalue weighted by Gasteiger charge is -2.19. The Labute approximate surface area is 122 Å². The van der Waals surface area contributed by atoms with E-state index in [1.807, 2.05) is 13.0 Å². The third-order valence-corrected chi connectivity index (χ3v) is 2.94. The van der Waals surface area contributed by atoms with Crippen LogP contribution < -0.4 is 10.6 Å². The van der Waals surface area contributed by atoms with Gasteiger partial charge in [-0.2, -0.15) is 0 Å². The van der Waals surface area contributed by atoms with Crippen LogP contribution in [0.3, 0.4) is 0 Å². The molecule has 0 atom stereocenters. The van der Waals surface area contributed by atoms with Crippen molar-refractivity contribution in [2.75, 3.05) is 10.6 Å². The van der Waals surface area contributed by atoms with E-state index in [0.29, 0.717) is 18.3 Å². The van der Waals surface area contributed by atoms with Crippen LogP contribution in [0.2, 0.25) is 0 Å². The Balaban J connectivity index is 3.34. The zero-order valence-electron chi connectivity index (χ0n) is 13.5. The molecular formula is C16H27N3O. The van der Waals surface area contributed by atoms with Gasteiger partial charge < -0.3 is 10.6 Å². The molecule has 4 heteroatoms. The Morgan fingerprint density at radius 2 is 1.75 bits per heavy atom. The van der Waals surface area contributed by atoms with Crippen LogP contribution in [0.5, 0.6) is 0 Å². The number of nitrogens with one attached hydrogen (secondary N) is 2. The highest BCUT2D eigenvalue weighted by Crippen LogP contribution is 2.25. The van der Waals surface area contributed by atoms with Gasteiger partial charge in [0.2, 0.25) is 0 Å². The molecule has 0 unspecified atom stereocenters. The number of Topliss-reactive ketones (excluding diaryl/α,β-unsaturated/α-hetero) is 1. The first kappa shape index (κ1) is 16.5. The van der Waals surface area contributed by atoms with Crippen LogP contribution in [0, 0.1) is 0 Å². The van der Waals surface area contributed by atoms with Gasteiger partial charge in [0.25, 0.3) is 0 Å². The van der Waals surface area contributed by atoms with Gasteiger partial charge in [-0.05, 0) is 45.7 Å². The first-order valence-electron chi connectivity index (χ1n) is 7.49. The first-order chi connectivity index (χ1) is 9.38. The largest absolute Gasteiger partial charge is 0.368 e. The van der Waals surface area contributed by atoms with Gasteiger partial charge in [0.05, 0.1) is 5.56 Å². The molecule has 0 fully saturated rings. The Morgan fingerprint density at radius 1 is 1.15 bits per heavy atom. The third-order valence-electron chi connectivity index (χ3n) is 2.94. The molecule has 2 N–H and O–H groups in total. The van der Waals surface area contributed by atoms with E-state index >= 15 is 0 Å². The fourth-order valence-electron chi connectivity index (χ4n) is 2.11. The Kier molecular flexibility index (Phi) is 5.99. The predicted molar refractivity (Wildman–Crippen MR) is 85.8 cm³/mol. The monoisotopic (exact) mass is 277 g/mol. The van der Waals surface area contributed by atoms with E-state index in [4.69, 9.17) is 0 Å². The van der Waals surface area contributed by atoms with Crippen LogP contribution in [0.15, 0.2) is 6.07 Å². The number of carbonyl (C=O) groups is 1. The lowest BCUT2D eigenvalue weighted by Crippen LogP contribution is -2.19. The molecule has 0 saturated heterocycles. The van der Waals surface area contributed by atoms with Crippen LogP contribution in [0.1, 0.15) is 63.9 Å². The van der Waals surface area contributed by atoms with Crippen molar-refractivity contribution in [1.82, 2.24) is 4.98 Å². The average Bonchev–Trinajstić information content (AvgIpc) is 2.35. The van der Waals surface area contributed by atoms with Crippen molar-refractivity contribution >= 4 is 17.4 Å². The van der Waals surface area contributed by atoms with E-state index in [2.05, 4.69) is 50.2 Å². The normalized spacial score (nSPS) is 11.0. The molecule has 0 aliphatic rings. The molecule has 112 valence electrons. The van der Waals surface area contributed by atoms with Gasteiger partial charge in [0.15, 0.2) is 5.78 Å². The number of nitrogens with zero attached hydrogens (tertiary/aromatic N) is 1. The summed E-state index contributed by atoms with van der Waals surface area (Å²) in [6, 6.07) is 2.55. The summed E-state index contributed by atoms with van der Waals surface area (Å²) >= 11 is 0. The zero-order valence-corrected chi connectivity index (χ0v) is 13.5. The number of aromatic nitrogens is 1. The number of ketones is 1. The summed E-state index contributed by atoms with van der Waals surface area (Å²) in [5.74, 6) is 1.68. The number of hydrogen-bond donors (Lipinski definition) is 2. The summed E-state index contributed by atoms with van der Waals surface area (Å²) in [7, 11) is 0. The minimum atomic E-state index is 0.147. The van der Waals surface area contributed by atoms with Gasteiger partial charge in [-0.15, -0.1) is 0 Å². The van der Waals surface area contributed by atoms with Crippen molar-refractivity contribution in [3.8, 4) is 0 Å². The second kappa shape index (κ2) is 7.27. The van der Waals surface area contributed by atoms with Crippen LogP contribution in [0.25, 0.3) is 0 Å². The molecule has 0 aromatic carbocycles. The average molecular weight is 277 g/mol. The van der Waals surface area contributed by atoms with Crippen molar-refractivity contribution in [2.45, 2.75) is 66.5 Å². The first-order valence-corrected chi connectivity index (χ1v) is 7.49. The summed E-state index contributed by atoms with van der Waals surface area (Å²) in [6.45, 7) is 12.2. The maximum Gasteiger partial charge on any atom is 0.166 e. The van der Waals surface area contributed by atoms with Crippen LogP contribution >= 0.6 is 0 Å². The molecule has 0 amide bonds. The fourth-order valence-corrected chi connectivity index (χ4v) is 2.11. The molecule has 1 rings (SSSR count). The van der Waals surface area contributed by atoms with Crippen LogP contribution in [-0.2, 0) is 6.42 Å². The zero-order chi connectivity index (χ0) is 15.3. The van der Waals surface area contributed by atoms with E-state index in [9.17, 15) is 4.79 Å². The Hall–Kier alpha value is -1.58. The molecule has 1 aromatic rings. The van der Waals surface area contributed by atoms with Gasteiger partial charge in [-0.25, -0.2) is 4.98 Å². The standard InChI is InChI=1S/C16H27N3O/c1-7-12-9-14(17-10(3)4)19-16(18-11(5)6)15(12)13(20)8-2/h9-11H,7-8H2,1-6H3,(H2,17,18,19). The number of carbonyl (C=O) groups excluding carboxylic acids is 1. The van der Waals surface area contributed by atoms with Crippen molar-refractivity contribution < 1.29 is 4.79 Å². The maximum absolute atomic E-state index is 12.2. The molecule has 0 saturated carbocycles. The van der Waals surface area contributed by atoms with Gasteiger partial charge in [-0.1, -0.05) is 13.8 Å². The van der Waals surface area contributed by atoms with Gasteiger partial charge in [0, 0.05) is 18.5 Å². The molecule has 20 heavy (non-hydrogen) atoms. The number of pyridine rings is 1. The minimum Gasteiger partial charge on any atom is -0.368 e. The summed E-state index contributed by atoms with van der Waals surface area (Å²) in [4.78, 5) is 16.8. The highest BCUT2D eigenvalue weighted by atomic mass is 16.1. The summed E-state index contributed by atoms with van der Waals surface area (Å²) < 4.78 is 0. The van der Waals surface area contributed by atoms with E-state index < -0.39 is 0 Å². The quantitative estimate of drug-likeness (QED) is 0.743. The summed E-state index contributed by atoms with van der Waals surface area (Å²) in [5.41, 5.74) is 1.80. The lowest BCUT2D eigenvalue weighted by atomic mass is 10.0. The predicted octanol–water partition coefficient (Wildman–Crippen LogP) is 3.88. The molecule has 0 bridgehead atoms. The number of anilines is 2.